The van der Waals surface area contributed by atoms with Crippen molar-refractivity contribution >= 4 is 27.3 Å². The zero-order valence-corrected chi connectivity index (χ0v) is 18.9. The van der Waals surface area contributed by atoms with Crippen molar-refractivity contribution in [1.29, 1.82) is 0 Å². The Bertz CT molecular complexity index is 1140. The number of likely N-dealkylation sites (tertiary alicyclic amines) is 1. The van der Waals surface area contributed by atoms with Crippen LogP contribution in [0.15, 0.2) is 47.6 Å². The van der Waals surface area contributed by atoms with Gasteiger partial charge in [-0.3, -0.25) is 9.78 Å². The molecule has 0 aliphatic carbocycles. The standard InChI is InChI=1S/C23H27N5O3S/c1-16-4-6-19(7-5-16)32(30,31)28-11-2-3-18(15-28)23(29)27-12-9-17(14-27)22-25-20-8-10-24-13-21(20)26-22/h4-8,10,13,17-18H,2-3,9,11-12,14-15H2,1H3,(H-,24,25,26,30,31). The minimum Gasteiger partial charge on any atom is -0.593 e. The minimum atomic E-state index is -3.60. The van der Waals surface area contributed by atoms with Crippen LogP contribution in [0.3, 0.4) is 0 Å². The molecule has 1 amide bonds. The summed E-state index contributed by atoms with van der Waals surface area (Å²) in [7, 11) is -3.60. The fourth-order valence-corrected chi connectivity index (χ4v) is 6.26. The second-order valence-corrected chi connectivity index (χ2v) is 10.7. The Morgan fingerprint density at radius 1 is 1.16 bits per heavy atom. The lowest BCUT2D eigenvalue weighted by Crippen LogP contribution is -2.48. The van der Waals surface area contributed by atoms with Crippen molar-refractivity contribution in [3.63, 3.8) is 0 Å². The molecular formula is C23H27N5O3S. The number of amides is 1. The van der Waals surface area contributed by atoms with E-state index in [1.165, 1.54) is 4.31 Å². The van der Waals surface area contributed by atoms with Gasteiger partial charge in [-0.1, -0.05) is 21.9 Å². The number of sulfonamides is 1. The van der Waals surface area contributed by atoms with Gasteiger partial charge in [-0.25, -0.2) is 4.98 Å². The number of hydrogen-bond acceptors (Lipinski definition) is 5. The number of aromatic amines is 1. The largest absolute Gasteiger partial charge is 0.593 e. The molecule has 168 valence electrons. The van der Waals surface area contributed by atoms with E-state index in [0.717, 1.165) is 35.3 Å². The number of carbonyl (C=O) groups is 1. The molecule has 2 fully saturated rings. The molecule has 0 spiro atoms. The van der Waals surface area contributed by atoms with E-state index >= 15 is 0 Å². The van der Waals surface area contributed by atoms with Gasteiger partial charge < -0.3 is 14.4 Å². The van der Waals surface area contributed by atoms with Gasteiger partial charge in [0.2, 0.25) is 5.91 Å². The van der Waals surface area contributed by atoms with Gasteiger partial charge in [0.25, 0.3) is 0 Å². The highest BCUT2D eigenvalue weighted by atomic mass is 32.3. The highest BCUT2D eigenvalue weighted by Gasteiger charge is 2.40. The van der Waals surface area contributed by atoms with Crippen molar-refractivity contribution < 1.29 is 13.6 Å². The molecule has 3 aromatic rings. The summed E-state index contributed by atoms with van der Waals surface area (Å²) in [6, 6.07) is 8.77. The number of nitrogens with zero attached hydrogens (tertiary/aromatic N) is 4. The van der Waals surface area contributed by atoms with Crippen molar-refractivity contribution in [1.82, 2.24) is 24.2 Å². The van der Waals surface area contributed by atoms with Crippen molar-refractivity contribution in [2.75, 3.05) is 26.2 Å². The Balaban J connectivity index is 1.26. The fraction of sp³-hybridized carbons (Fsp3) is 0.435. The molecule has 1 N–H and O–H groups in total. The van der Waals surface area contributed by atoms with Gasteiger partial charge in [-0.05, 0) is 44.4 Å². The molecule has 0 saturated carbocycles. The van der Waals surface area contributed by atoms with Crippen LogP contribution in [0.2, 0.25) is 0 Å². The second kappa shape index (κ2) is 8.38. The van der Waals surface area contributed by atoms with E-state index in [2.05, 4.69) is 15.0 Å². The average molecular weight is 454 g/mol. The Morgan fingerprint density at radius 2 is 1.97 bits per heavy atom. The average Bonchev–Trinajstić information content (AvgIpc) is 3.46. The minimum absolute atomic E-state index is 0.0501. The molecule has 4 heterocycles. The topological polar surface area (TPSA) is 105 Å². The maximum Gasteiger partial charge on any atom is 0.227 e. The Hall–Kier alpha value is -2.62. The second-order valence-electron chi connectivity index (χ2n) is 8.80. The lowest BCUT2D eigenvalue weighted by Gasteiger charge is -2.35. The molecule has 0 radical (unpaired) electrons. The number of H-pyrrole nitrogens is 1. The van der Waals surface area contributed by atoms with Crippen LogP contribution in [-0.4, -0.2) is 60.8 Å². The molecule has 3 atom stereocenters. The first-order valence-corrected chi connectivity index (χ1v) is 12.5. The molecule has 2 aliphatic rings. The third kappa shape index (κ3) is 3.96. The van der Waals surface area contributed by atoms with Crippen LogP contribution >= 0.6 is 0 Å². The van der Waals surface area contributed by atoms with Gasteiger partial charge in [-0.15, -0.1) is 4.31 Å². The summed E-state index contributed by atoms with van der Waals surface area (Å²) in [6.07, 6.45) is 5.73. The van der Waals surface area contributed by atoms with Crippen molar-refractivity contribution in [3.8, 4) is 0 Å². The normalized spacial score (nSPS) is 24.0. The number of piperidine rings is 1. The van der Waals surface area contributed by atoms with E-state index in [9.17, 15) is 13.6 Å². The highest BCUT2D eigenvalue weighted by molar-refractivity contribution is 7.95. The van der Waals surface area contributed by atoms with E-state index in [1.807, 2.05) is 17.9 Å². The van der Waals surface area contributed by atoms with E-state index in [0.29, 0.717) is 26.1 Å². The van der Waals surface area contributed by atoms with Crippen molar-refractivity contribution in [2.24, 2.45) is 5.92 Å². The fourth-order valence-electron chi connectivity index (χ4n) is 4.73. The summed E-state index contributed by atoms with van der Waals surface area (Å²) in [5.41, 5.74) is 2.79. The molecular weight excluding hydrogens is 426 g/mol. The van der Waals surface area contributed by atoms with Crippen LogP contribution in [-0.2, 0) is 19.4 Å². The summed E-state index contributed by atoms with van der Waals surface area (Å²) >= 11 is 0. The van der Waals surface area contributed by atoms with Crippen LogP contribution in [0.25, 0.3) is 11.0 Å². The molecule has 9 heteroatoms. The number of aromatic nitrogens is 3. The van der Waals surface area contributed by atoms with Crippen LogP contribution < -0.4 is 0 Å². The summed E-state index contributed by atoms with van der Waals surface area (Å²) in [5, 5.41) is 0. The first-order chi connectivity index (χ1) is 15.4. The molecule has 2 aromatic heterocycles. The number of rotatable bonds is 4. The zero-order valence-electron chi connectivity index (χ0n) is 18.1. The van der Waals surface area contributed by atoms with Gasteiger partial charge in [0.1, 0.15) is 5.82 Å². The van der Waals surface area contributed by atoms with Crippen LogP contribution in [0.5, 0.6) is 0 Å². The maximum absolute atomic E-state index is 13.3. The quantitative estimate of drug-likeness (QED) is 0.612. The number of pyridine rings is 1. The molecule has 2 aliphatic heterocycles. The van der Waals surface area contributed by atoms with E-state index in [4.69, 9.17) is 0 Å². The van der Waals surface area contributed by atoms with Gasteiger partial charge in [-0.2, -0.15) is 0 Å². The number of nitrogens with one attached hydrogen (secondary N) is 1. The van der Waals surface area contributed by atoms with Crippen LogP contribution in [0.1, 0.15) is 36.6 Å². The highest BCUT2D eigenvalue weighted by Crippen LogP contribution is 2.32. The van der Waals surface area contributed by atoms with Gasteiger partial charge >= 0.3 is 0 Å². The van der Waals surface area contributed by atoms with E-state index in [-0.39, 0.29) is 29.2 Å². The van der Waals surface area contributed by atoms with E-state index < -0.39 is 10.4 Å². The number of carbonyl (C=O) groups excluding carboxylic acids is 1. The van der Waals surface area contributed by atoms with E-state index in [1.54, 1.807) is 36.7 Å². The molecule has 5 rings (SSSR count). The van der Waals surface area contributed by atoms with Crippen LogP contribution in [0, 0.1) is 12.8 Å². The Kier molecular flexibility index (Phi) is 5.56. The Morgan fingerprint density at radius 3 is 2.75 bits per heavy atom. The monoisotopic (exact) mass is 453 g/mol. The number of benzene rings is 1. The summed E-state index contributed by atoms with van der Waals surface area (Å²) in [4.78, 5) is 27.5. The molecule has 8 nitrogen and oxygen atoms in total. The summed E-state index contributed by atoms with van der Waals surface area (Å²) in [5.74, 6) is 0.787. The SMILES string of the molecule is Cc1ccc([S+](=O)([O-])N2CCCC(C(=O)N3CCC(c4nc5ccncc5[nH]4)C3)C2)cc1. The van der Waals surface area contributed by atoms with Crippen molar-refractivity contribution in [2.45, 2.75) is 37.0 Å². The van der Waals surface area contributed by atoms with Gasteiger partial charge in [0.15, 0.2) is 15.3 Å². The first kappa shape index (κ1) is 21.2. The zero-order chi connectivity index (χ0) is 22.3. The molecule has 1 aromatic carbocycles. The summed E-state index contributed by atoms with van der Waals surface area (Å²) in [6.45, 7) is 3.90. The molecule has 32 heavy (non-hydrogen) atoms. The number of hydrogen-bond donors (Lipinski definition) is 1. The Labute approximate surface area is 188 Å². The third-order valence-corrected chi connectivity index (χ3v) is 8.46. The molecule has 3 unspecified atom stereocenters. The van der Waals surface area contributed by atoms with Gasteiger partial charge in [0.05, 0.1) is 29.7 Å². The smallest absolute Gasteiger partial charge is 0.227 e. The summed E-state index contributed by atoms with van der Waals surface area (Å²) < 4.78 is 27.7. The third-order valence-electron chi connectivity index (χ3n) is 6.58. The predicted molar refractivity (Wildman–Crippen MR) is 120 cm³/mol. The number of imidazole rings is 1. The first-order valence-electron chi connectivity index (χ1n) is 11.1. The lowest BCUT2D eigenvalue weighted by molar-refractivity contribution is -0.135. The maximum atomic E-state index is 13.3. The van der Waals surface area contributed by atoms with Crippen molar-refractivity contribution in [3.05, 3.63) is 54.1 Å². The number of fused-ring (bicyclic) bond motifs is 1. The predicted octanol–water partition coefficient (Wildman–Crippen LogP) is 2.90. The van der Waals surface area contributed by atoms with Gasteiger partial charge in [0, 0.05) is 31.7 Å². The lowest BCUT2D eigenvalue weighted by atomic mass is 9.98. The molecule has 0 bridgehead atoms. The molecule has 2 saturated heterocycles. The van der Waals surface area contributed by atoms with Crippen LogP contribution in [0.4, 0.5) is 0 Å². The number of aryl methyl sites for hydroxylation is 1.